The predicted molar refractivity (Wildman–Crippen MR) is 114 cm³/mol. The van der Waals surface area contributed by atoms with E-state index in [2.05, 4.69) is 5.32 Å². The molecule has 6 nitrogen and oxygen atoms in total. The number of hydrogen-bond donors (Lipinski definition) is 1. The first-order chi connectivity index (χ1) is 13.8. The lowest BCUT2D eigenvalue weighted by molar-refractivity contribution is -0.142. The van der Waals surface area contributed by atoms with Gasteiger partial charge < -0.3 is 19.7 Å². The van der Waals surface area contributed by atoms with Crippen LogP contribution in [-0.4, -0.2) is 43.0 Å². The summed E-state index contributed by atoms with van der Waals surface area (Å²) in [5.41, 5.74) is 0.685. The molecule has 0 fully saturated rings. The van der Waals surface area contributed by atoms with Gasteiger partial charge in [-0.3, -0.25) is 9.59 Å². The number of carbonyl (C=O) groups is 2. The second-order valence-electron chi connectivity index (χ2n) is 6.29. The topological polar surface area (TPSA) is 67.9 Å². The molecule has 0 aliphatic heterocycles. The van der Waals surface area contributed by atoms with Crippen molar-refractivity contribution >= 4 is 35.0 Å². The van der Waals surface area contributed by atoms with Crippen LogP contribution >= 0.6 is 23.2 Å². The van der Waals surface area contributed by atoms with Crippen LogP contribution in [0.5, 0.6) is 11.5 Å². The molecule has 1 atom stereocenters. The summed E-state index contributed by atoms with van der Waals surface area (Å²) < 4.78 is 10.7. The molecule has 0 aromatic heterocycles. The summed E-state index contributed by atoms with van der Waals surface area (Å²) in [6.07, 6.45) is 0. The van der Waals surface area contributed by atoms with Crippen molar-refractivity contribution in [1.29, 1.82) is 0 Å². The Kier molecular flexibility index (Phi) is 8.61. The van der Waals surface area contributed by atoms with Gasteiger partial charge in [-0.2, -0.15) is 0 Å². The molecule has 2 amide bonds. The van der Waals surface area contributed by atoms with Crippen molar-refractivity contribution < 1.29 is 19.1 Å². The highest BCUT2D eigenvalue weighted by molar-refractivity contribution is 6.35. The third kappa shape index (κ3) is 6.54. The van der Waals surface area contributed by atoms with Crippen molar-refractivity contribution in [3.8, 4) is 11.5 Å². The number of rotatable bonds is 9. The molecular weight excluding hydrogens is 415 g/mol. The zero-order valence-electron chi connectivity index (χ0n) is 16.6. The van der Waals surface area contributed by atoms with E-state index in [9.17, 15) is 9.59 Å². The molecule has 0 aliphatic rings. The highest BCUT2D eigenvalue weighted by atomic mass is 35.5. The monoisotopic (exact) mass is 438 g/mol. The maximum Gasteiger partial charge on any atom is 0.261 e. The Labute approximate surface area is 180 Å². The quantitative estimate of drug-likeness (QED) is 0.643. The summed E-state index contributed by atoms with van der Waals surface area (Å²) in [5, 5.41) is 3.66. The van der Waals surface area contributed by atoms with Gasteiger partial charge in [-0.1, -0.05) is 29.3 Å². The van der Waals surface area contributed by atoms with Crippen LogP contribution in [0.2, 0.25) is 10.0 Å². The van der Waals surface area contributed by atoms with Crippen LogP contribution in [0.3, 0.4) is 0 Å². The average Bonchev–Trinajstić information content (AvgIpc) is 2.71. The second kappa shape index (κ2) is 10.9. The Morgan fingerprint density at radius 2 is 1.76 bits per heavy atom. The van der Waals surface area contributed by atoms with E-state index in [1.807, 2.05) is 6.92 Å². The Balaban J connectivity index is 2.15. The molecule has 0 bridgehead atoms. The molecule has 0 saturated carbocycles. The Morgan fingerprint density at radius 3 is 2.34 bits per heavy atom. The van der Waals surface area contributed by atoms with Gasteiger partial charge >= 0.3 is 0 Å². The van der Waals surface area contributed by atoms with Gasteiger partial charge in [0.1, 0.15) is 17.5 Å². The number of nitrogens with one attached hydrogen (secondary N) is 1. The summed E-state index contributed by atoms with van der Waals surface area (Å²) >= 11 is 12.2. The molecule has 0 aliphatic carbocycles. The molecule has 0 saturated heterocycles. The van der Waals surface area contributed by atoms with Crippen molar-refractivity contribution in [2.24, 2.45) is 0 Å². The second-order valence-corrected chi connectivity index (χ2v) is 7.14. The molecule has 0 radical (unpaired) electrons. The van der Waals surface area contributed by atoms with Crippen LogP contribution in [0.4, 0.5) is 0 Å². The van der Waals surface area contributed by atoms with Crippen molar-refractivity contribution in [2.45, 2.75) is 26.4 Å². The molecule has 1 unspecified atom stereocenters. The van der Waals surface area contributed by atoms with Gasteiger partial charge in [0.05, 0.1) is 7.11 Å². The zero-order chi connectivity index (χ0) is 21.4. The van der Waals surface area contributed by atoms with Gasteiger partial charge in [-0.15, -0.1) is 0 Å². The van der Waals surface area contributed by atoms with Gasteiger partial charge in [-0.05, 0) is 55.8 Å². The molecule has 1 N–H and O–H groups in total. The maximum atomic E-state index is 12.9. The van der Waals surface area contributed by atoms with E-state index < -0.39 is 6.04 Å². The van der Waals surface area contributed by atoms with Crippen LogP contribution in [0.15, 0.2) is 42.5 Å². The first kappa shape index (κ1) is 22.8. The molecule has 0 heterocycles. The lowest BCUT2D eigenvalue weighted by Gasteiger charge is -2.29. The van der Waals surface area contributed by atoms with E-state index in [1.165, 1.54) is 4.90 Å². The van der Waals surface area contributed by atoms with E-state index in [0.717, 1.165) is 0 Å². The van der Waals surface area contributed by atoms with E-state index in [-0.39, 0.29) is 25.0 Å². The Bertz CT molecular complexity index is 843. The highest BCUT2D eigenvalue weighted by Crippen LogP contribution is 2.23. The van der Waals surface area contributed by atoms with Crippen LogP contribution in [0.25, 0.3) is 0 Å². The van der Waals surface area contributed by atoms with Crippen LogP contribution in [-0.2, 0) is 16.1 Å². The summed E-state index contributed by atoms with van der Waals surface area (Å²) in [6, 6.07) is 11.2. The van der Waals surface area contributed by atoms with E-state index in [1.54, 1.807) is 56.5 Å². The van der Waals surface area contributed by atoms with E-state index in [4.69, 9.17) is 32.7 Å². The fraction of sp³-hybridized carbons (Fsp3) is 0.333. The normalized spacial score (nSPS) is 11.5. The molecule has 0 spiro atoms. The van der Waals surface area contributed by atoms with E-state index in [0.29, 0.717) is 33.7 Å². The zero-order valence-corrected chi connectivity index (χ0v) is 18.1. The molecule has 2 rings (SSSR count). The molecule has 8 heteroatoms. The lowest BCUT2D eigenvalue weighted by atomic mass is 10.1. The molecular formula is C21H24Cl2N2O4. The Morgan fingerprint density at radius 1 is 1.10 bits per heavy atom. The number of amides is 2. The largest absolute Gasteiger partial charge is 0.497 e. The Hall–Kier alpha value is -2.44. The molecule has 2 aromatic rings. The molecule has 156 valence electrons. The van der Waals surface area contributed by atoms with E-state index >= 15 is 0 Å². The highest BCUT2D eigenvalue weighted by Gasteiger charge is 2.26. The number of halogens is 2. The average molecular weight is 439 g/mol. The smallest absolute Gasteiger partial charge is 0.261 e. The SMILES string of the molecule is CCNC(=O)C(C)N(Cc1ccc(Cl)cc1Cl)C(=O)COc1ccc(OC)cc1. The fourth-order valence-electron chi connectivity index (χ4n) is 2.64. The third-order valence-electron chi connectivity index (χ3n) is 4.30. The fourth-order valence-corrected chi connectivity index (χ4v) is 3.11. The van der Waals surface area contributed by atoms with Crippen LogP contribution in [0.1, 0.15) is 19.4 Å². The number of methoxy groups -OCH3 is 1. The van der Waals surface area contributed by atoms with Crippen molar-refractivity contribution in [1.82, 2.24) is 10.2 Å². The number of likely N-dealkylation sites (N-methyl/N-ethyl adjacent to an activating group) is 1. The lowest BCUT2D eigenvalue weighted by Crippen LogP contribution is -2.49. The van der Waals surface area contributed by atoms with Crippen molar-refractivity contribution in [3.05, 3.63) is 58.1 Å². The first-order valence-corrected chi connectivity index (χ1v) is 9.89. The number of carbonyl (C=O) groups excluding carboxylic acids is 2. The standard InChI is InChI=1S/C21H24Cl2N2O4/c1-4-24-21(27)14(2)25(12-15-5-6-16(22)11-19(15)23)20(26)13-29-18-9-7-17(28-3)8-10-18/h5-11,14H,4,12-13H2,1-3H3,(H,24,27). The number of ether oxygens (including phenoxy) is 2. The molecule has 2 aromatic carbocycles. The van der Waals surface area contributed by atoms with Gasteiger partial charge in [0.25, 0.3) is 5.91 Å². The first-order valence-electron chi connectivity index (χ1n) is 9.13. The van der Waals surface area contributed by atoms with Crippen molar-refractivity contribution in [3.63, 3.8) is 0 Å². The minimum atomic E-state index is -0.700. The molecule has 29 heavy (non-hydrogen) atoms. The van der Waals surface area contributed by atoms with Crippen molar-refractivity contribution in [2.75, 3.05) is 20.3 Å². The van der Waals surface area contributed by atoms with Crippen LogP contribution < -0.4 is 14.8 Å². The van der Waals surface area contributed by atoms with Gasteiger partial charge in [0.2, 0.25) is 5.91 Å². The minimum Gasteiger partial charge on any atom is -0.497 e. The predicted octanol–water partition coefficient (Wildman–Crippen LogP) is 3.93. The van der Waals surface area contributed by atoms with Gasteiger partial charge in [-0.25, -0.2) is 0 Å². The van der Waals surface area contributed by atoms with Gasteiger partial charge in [0, 0.05) is 23.1 Å². The third-order valence-corrected chi connectivity index (χ3v) is 4.88. The number of benzene rings is 2. The summed E-state index contributed by atoms with van der Waals surface area (Å²) in [4.78, 5) is 26.7. The van der Waals surface area contributed by atoms with Crippen LogP contribution in [0, 0.1) is 0 Å². The number of hydrogen-bond acceptors (Lipinski definition) is 4. The number of nitrogens with zero attached hydrogens (tertiary/aromatic N) is 1. The minimum absolute atomic E-state index is 0.152. The van der Waals surface area contributed by atoms with Gasteiger partial charge in [0.15, 0.2) is 6.61 Å². The summed E-state index contributed by atoms with van der Waals surface area (Å²) in [7, 11) is 1.57. The maximum absolute atomic E-state index is 12.9. The summed E-state index contributed by atoms with van der Waals surface area (Å²) in [5.74, 6) is 0.614. The summed E-state index contributed by atoms with van der Waals surface area (Å²) in [6.45, 7) is 3.88.